The number of aromatic nitrogens is 3. The third-order valence-corrected chi connectivity index (χ3v) is 4.51. The van der Waals surface area contributed by atoms with Gasteiger partial charge >= 0.3 is 0 Å². The topological polar surface area (TPSA) is 59.0 Å². The molecule has 2 heterocycles. The molecule has 3 aromatic rings. The smallest absolute Gasteiger partial charge is 0.163 e. The maximum Gasteiger partial charge on any atom is 0.163 e. The van der Waals surface area contributed by atoms with Crippen molar-refractivity contribution in [1.29, 1.82) is 0 Å². The first-order valence-electron chi connectivity index (χ1n) is 7.19. The Morgan fingerprint density at radius 3 is 2.50 bits per heavy atom. The first-order chi connectivity index (χ1) is 11.4. The fourth-order valence-corrected chi connectivity index (χ4v) is 3.01. The van der Waals surface area contributed by atoms with Crippen LogP contribution < -0.4 is 4.90 Å². The summed E-state index contributed by atoms with van der Waals surface area (Å²) >= 11 is 12.5. The van der Waals surface area contributed by atoms with Gasteiger partial charge in [-0.15, -0.1) is 5.10 Å². The predicted molar refractivity (Wildman–Crippen MR) is 97.1 cm³/mol. The molecule has 0 bridgehead atoms. The van der Waals surface area contributed by atoms with Crippen molar-refractivity contribution in [2.45, 2.75) is 6.92 Å². The van der Waals surface area contributed by atoms with E-state index in [1.165, 1.54) is 6.92 Å². The van der Waals surface area contributed by atoms with Gasteiger partial charge in [-0.3, -0.25) is 9.78 Å². The molecule has 5 nitrogen and oxygen atoms in total. The number of hydrogen-bond donors (Lipinski definition) is 0. The predicted octanol–water partition coefficient (Wildman–Crippen LogP) is 4.27. The minimum Gasteiger partial charge on any atom is -0.375 e. The van der Waals surface area contributed by atoms with Gasteiger partial charge < -0.3 is 4.90 Å². The van der Waals surface area contributed by atoms with Gasteiger partial charge in [-0.05, 0) is 13.0 Å². The van der Waals surface area contributed by atoms with Crippen LogP contribution in [0, 0.1) is 0 Å². The van der Waals surface area contributed by atoms with Crippen LogP contribution in [-0.4, -0.2) is 35.1 Å². The van der Waals surface area contributed by atoms with Crippen LogP contribution in [0.5, 0.6) is 0 Å². The van der Waals surface area contributed by atoms with Crippen LogP contribution in [0.2, 0.25) is 10.0 Å². The zero-order valence-corrected chi connectivity index (χ0v) is 14.9. The van der Waals surface area contributed by atoms with Crippen LogP contribution in [0.25, 0.3) is 22.2 Å². The lowest BCUT2D eigenvalue weighted by Gasteiger charge is -2.18. The number of fused-ring (bicyclic) bond motifs is 1. The SMILES string of the molecule is CC(=O)c1cnc2c(-c3cccc(Cl)c3Cl)cnnc2c1N(C)C. The van der Waals surface area contributed by atoms with Gasteiger partial charge in [0.05, 0.1) is 27.5 Å². The monoisotopic (exact) mass is 360 g/mol. The first-order valence-corrected chi connectivity index (χ1v) is 7.94. The second-order valence-electron chi connectivity index (χ2n) is 5.53. The Labute approximate surface area is 149 Å². The summed E-state index contributed by atoms with van der Waals surface area (Å²) < 4.78 is 0. The number of rotatable bonds is 3. The normalized spacial score (nSPS) is 10.9. The van der Waals surface area contributed by atoms with Gasteiger partial charge in [-0.25, -0.2) is 0 Å². The highest BCUT2D eigenvalue weighted by atomic mass is 35.5. The molecule has 1 aromatic carbocycles. The Hall–Kier alpha value is -2.24. The molecule has 122 valence electrons. The Kier molecular flexibility index (Phi) is 4.39. The fraction of sp³-hybridized carbons (Fsp3) is 0.176. The molecule has 0 N–H and O–H groups in total. The number of pyridine rings is 1. The number of ketones is 1. The molecule has 3 rings (SSSR count). The minimum absolute atomic E-state index is 0.0823. The van der Waals surface area contributed by atoms with Crippen molar-refractivity contribution in [3.63, 3.8) is 0 Å². The number of anilines is 1. The Balaban J connectivity index is 2.39. The standard InChI is InChI=1S/C17H14Cl2N4O/c1-9(24)11-7-20-15-12(10-5-4-6-13(18)14(10)19)8-21-22-16(15)17(11)23(2)3/h4-8H,1-3H3. The Morgan fingerprint density at radius 2 is 1.83 bits per heavy atom. The highest BCUT2D eigenvalue weighted by Crippen LogP contribution is 2.37. The van der Waals surface area contributed by atoms with Crippen LogP contribution in [0.3, 0.4) is 0 Å². The highest BCUT2D eigenvalue weighted by Gasteiger charge is 2.19. The summed E-state index contributed by atoms with van der Waals surface area (Å²) in [4.78, 5) is 18.2. The number of Topliss-reactive ketones (excluding diaryl/α,β-unsaturated/α-hetero) is 1. The van der Waals surface area contributed by atoms with Crippen molar-refractivity contribution in [1.82, 2.24) is 15.2 Å². The molecule has 0 saturated carbocycles. The van der Waals surface area contributed by atoms with Crippen molar-refractivity contribution in [2.75, 3.05) is 19.0 Å². The van der Waals surface area contributed by atoms with Crippen LogP contribution in [0.15, 0.2) is 30.6 Å². The van der Waals surface area contributed by atoms with Gasteiger partial charge in [-0.1, -0.05) is 35.3 Å². The van der Waals surface area contributed by atoms with E-state index in [0.29, 0.717) is 37.9 Å². The van der Waals surface area contributed by atoms with E-state index < -0.39 is 0 Å². The van der Waals surface area contributed by atoms with Gasteiger partial charge in [0.1, 0.15) is 11.0 Å². The number of benzene rings is 1. The summed E-state index contributed by atoms with van der Waals surface area (Å²) in [6.45, 7) is 1.50. The number of carbonyl (C=O) groups excluding carboxylic acids is 1. The molecule has 0 spiro atoms. The average molecular weight is 361 g/mol. The molecule has 24 heavy (non-hydrogen) atoms. The summed E-state index contributed by atoms with van der Waals surface area (Å²) in [6, 6.07) is 5.38. The maximum atomic E-state index is 11.9. The molecular weight excluding hydrogens is 347 g/mol. The number of carbonyl (C=O) groups is 1. The molecule has 0 saturated heterocycles. The van der Waals surface area contributed by atoms with Crippen molar-refractivity contribution in [2.24, 2.45) is 0 Å². The summed E-state index contributed by atoms with van der Waals surface area (Å²) in [5.41, 5.74) is 3.77. The second kappa shape index (κ2) is 6.34. The number of nitrogens with zero attached hydrogens (tertiary/aromatic N) is 4. The summed E-state index contributed by atoms with van der Waals surface area (Å²) in [6.07, 6.45) is 3.16. The van der Waals surface area contributed by atoms with Gasteiger partial charge in [0.2, 0.25) is 0 Å². The largest absolute Gasteiger partial charge is 0.375 e. The summed E-state index contributed by atoms with van der Waals surface area (Å²) in [5, 5.41) is 9.15. The van der Waals surface area contributed by atoms with E-state index >= 15 is 0 Å². The third-order valence-electron chi connectivity index (χ3n) is 3.69. The van der Waals surface area contributed by atoms with Crippen LogP contribution in [0.4, 0.5) is 5.69 Å². The van der Waals surface area contributed by atoms with E-state index in [-0.39, 0.29) is 5.78 Å². The Bertz CT molecular complexity index is 957. The molecule has 0 radical (unpaired) electrons. The summed E-state index contributed by atoms with van der Waals surface area (Å²) in [7, 11) is 3.70. The first kappa shape index (κ1) is 16.6. The fourth-order valence-electron chi connectivity index (χ4n) is 2.61. The number of halogens is 2. The van der Waals surface area contributed by atoms with Crippen molar-refractivity contribution < 1.29 is 4.79 Å². The lowest BCUT2D eigenvalue weighted by Crippen LogP contribution is -2.15. The van der Waals surface area contributed by atoms with E-state index in [9.17, 15) is 4.79 Å². The molecule has 0 fully saturated rings. The Morgan fingerprint density at radius 1 is 1.08 bits per heavy atom. The van der Waals surface area contributed by atoms with Gasteiger partial charge in [-0.2, -0.15) is 5.10 Å². The molecule has 2 aromatic heterocycles. The molecule has 0 atom stereocenters. The summed E-state index contributed by atoms with van der Waals surface area (Å²) in [5.74, 6) is -0.0823. The van der Waals surface area contributed by atoms with E-state index in [1.807, 2.05) is 31.1 Å². The molecule has 0 aliphatic heterocycles. The second-order valence-corrected chi connectivity index (χ2v) is 6.31. The van der Waals surface area contributed by atoms with Crippen LogP contribution >= 0.6 is 23.2 Å². The van der Waals surface area contributed by atoms with E-state index in [4.69, 9.17) is 23.2 Å². The van der Waals surface area contributed by atoms with Crippen molar-refractivity contribution in [3.05, 3.63) is 46.2 Å². The molecule has 0 unspecified atom stereocenters. The number of hydrogen-bond acceptors (Lipinski definition) is 5. The van der Waals surface area contributed by atoms with Gasteiger partial charge in [0.25, 0.3) is 0 Å². The van der Waals surface area contributed by atoms with E-state index in [1.54, 1.807) is 18.5 Å². The lowest BCUT2D eigenvalue weighted by molar-refractivity contribution is 0.101. The van der Waals surface area contributed by atoms with Gasteiger partial charge in [0.15, 0.2) is 5.78 Å². The van der Waals surface area contributed by atoms with Crippen molar-refractivity contribution >= 4 is 45.7 Å². The van der Waals surface area contributed by atoms with Gasteiger partial charge in [0, 0.05) is 31.4 Å². The quantitative estimate of drug-likeness (QED) is 0.652. The van der Waals surface area contributed by atoms with Crippen molar-refractivity contribution in [3.8, 4) is 11.1 Å². The highest BCUT2D eigenvalue weighted by molar-refractivity contribution is 6.43. The van der Waals surface area contributed by atoms with Crippen LogP contribution in [-0.2, 0) is 0 Å². The molecule has 0 aliphatic rings. The van der Waals surface area contributed by atoms with E-state index in [0.717, 1.165) is 5.56 Å². The average Bonchev–Trinajstić information content (AvgIpc) is 2.55. The molecule has 7 heteroatoms. The van der Waals surface area contributed by atoms with E-state index in [2.05, 4.69) is 15.2 Å². The zero-order chi connectivity index (χ0) is 17.4. The zero-order valence-electron chi connectivity index (χ0n) is 13.3. The lowest BCUT2D eigenvalue weighted by atomic mass is 10.0. The van der Waals surface area contributed by atoms with Crippen LogP contribution in [0.1, 0.15) is 17.3 Å². The minimum atomic E-state index is -0.0823. The maximum absolute atomic E-state index is 11.9. The molecule has 0 amide bonds. The third kappa shape index (κ3) is 2.70. The molecular formula is C17H14Cl2N4O. The molecule has 0 aliphatic carbocycles.